The Morgan fingerprint density at radius 2 is 0.896 bits per heavy atom. The molecular formula is C41H75NO5S. The summed E-state index contributed by atoms with van der Waals surface area (Å²) in [6.07, 6.45) is 46.6. The summed E-state index contributed by atoms with van der Waals surface area (Å²) in [5, 5.41) is 13.2. The van der Waals surface area contributed by atoms with Crippen LogP contribution in [0.3, 0.4) is 0 Å². The molecule has 0 heterocycles. The number of allylic oxidation sites excluding steroid dienone is 7. The largest absolute Gasteiger partial charge is 0.387 e. The number of rotatable bonds is 35. The molecule has 0 rings (SSSR count). The molecule has 0 fully saturated rings. The van der Waals surface area contributed by atoms with E-state index in [0.29, 0.717) is 12.8 Å². The summed E-state index contributed by atoms with van der Waals surface area (Å²) >= 11 is 0. The second-order valence-corrected chi connectivity index (χ2v) is 15.0. The maximum atomic E-state index is 12.5. The van der Waals surface area contributed by atoms with E-state index in [1.165, 1.54) is 109 Å². The molecule has 3 N–H and O–H groups in total. The molecule has 0 radical (unpaired) electrons. The number of hydrogen-bond donors (Lipinski definition) is 3. The molecule has 0 aromatic rings. The van der Waals surface area contributed by atoms with E-state index < -0.39 is 28.0 Å². The van der Waals surface area contributed by atoms with Gasteiger partial charge in [-0.1, -0.05) is 159 Å². The van der Waals surface area contributed by atoms with Gasteiger partial charge in [-0.15, -0.1) is 0 Å². The molecule has 0 aromatic heterocycles. The molecule has 0 aliphatic rings. The highest BCUT2D eigenvalue weighted by atomic mass is 32.2. The summed E-state index contributed by atoms with van der Waals surface area (Å²) in [7, 11) is -4.36. The number of hydrogen-bond acceptors (Lipinski definition) is 4. The van der Waals surface area contributed by atoms with Gasteiger partial charge < -0.3 is 10.4 Å². The zero-order valence-electron chi connectivity index (χ0n) is 31.1. The monoisotopic (exact) mass is 694 g/mol. The van der Waals surface area contributed by atoms with Crippen LogP contribution in [0.1, 0.15) is 187 Å². The number of nitrogens with one attached hydrogen (secondary N) is 1. The van der Waals surface area contributed by atoms with Crippen LogP contribution in [0.2, 0.25) is 0 Å². The van der Waals surface area contributed by atoms with Crippen LogP contribution in [0, 0.1) is 0 Å². The van der Waals surface area contributed by atoms with Gasteiger partial charge in [0.15, 0.2) is 0 Å². The Labute approximate surface area is 297 Å². The fourth-order valence-corrected chi connectivity index (χ4v) is 6.44. The van der Waals surface area contributed by atoms with Crippen molar-refractivity contribution < 1.29 is 22.9 Å². The molecule has 48 heavy (non-hydrogen) atoms. The van der Waals surface area contributed by atoms with Crippen molar-refractivity contribution in [2.45, 2.75) is 199 Å². The normalized spacial score (nSPS) is 13.8. The third-order valence-corrected chi connectivity index (χ3v) is 9.49. The van der Waals surface area contributed by atoms with Crippen LogP contribution < -0.4 is 5.32 Å². The molecule has 0 saturated heterocycles. The quantitative estimate of drug-likeness (QED) is 0.0348. The minimum Gasteiger partial charge on any atom is -0.387 e. The van der Waals surface area contributed by atoms with Gasteiger partial charge in [-0.05, 0) is 70.6 Å². The second kappa shape index (κ2) is 35.1. The van der Waals surface area contributed by atoms with E-state index >= 15 is 0 Å². The van der Waals surface area contributed by atoms with Gasteiger partial charge in [0.25, 0.3) is 10.1 Å². The Hall–Kier alpha value is -1.70. The van der Waals surface area contributed by atoms with Crippen LogP contribution in [0.15, 0.2) is 48.6 Å². The molecular weight excluding hydrogens is 619 g/mol. The first-order valence-corrected chi connectivity index (χ1v) is 21.4. The molecule has 280 valence electrons. The van der Waals surface area contributed by atoms with Crippen molar-refractivity contribution >= 4 is 16.0 Å². The summed E-state index contributed by atoms with van der Waals surface area (Å²) in [5.74, 6) is -1.02. The fraction of sp³-hybridized carbons (Fsp3) is 0.780. The zero-order chi connectivity index (χ0) is 35.4. The van der Waals surface area contributed by atoms with Crippen molar-refractivity contribution in [3.63, 3.8) is 0 Å². The molecule has 1 amide bonds. The van der Waals surface area contributed by atoms with Crippen LogP contribution in [0.4, 0.5) is 0 Å². The smallest absolute Gasteiger partial charge is 0.267 e. The number of aliphatic hydroxyl groups excluding tert-OH is 1. The van der Waals surface area contributed by atoms with Crippen molar-refractivity contribution in [2.75, 3.05) is 5.75 Å². The summed E-state index contributed by atoms with van der Waals surface area (Å²) in [6, 6.07) is -1.08. The third-order valence-electron chi connectivity index (χ3n) is 8.71. The molecule has 0 spiro atoms. The molecule has 0 bridgehead atoms. The van der Waals surface area contributed by atoms with Crippen LogP contribution in [-0.2, 0) is 14.9 Å². The molecule has 0 aliphatic carbocycles. The standard InChI is InChI=1S/C41H75NO5S/c1-3-5-7-9-11-13-15-17-19-21-22-24-26-28-30-32-34-36-40(43)39(38-48(45,46)47)42-41(44)37-35-33-31-29-27-25-23-20-18-16-14-12-10-8-6-4-2/h19-21,23,26,28,34,36,39-40,43H,3-18,22,24-25,27,29-33,35,37-38H2,1-2H3,(H,42,44)(H,45,46,47)/b21-19+,23-20-,28-26+,36-34+. The topological polar surface area (TPSA) is 104 Å². The van der Waals surface area contributed by atoms with E-state index in [1.54, 1.807) is 6.08 Å². The van der Waals surface area contributed by atoms with Crippen molar-refractivity contribution in [2.24, 2.45) is 0 Å². The van der Waals surface area contributed by atoms with Gasteiger partial charge >= 0.3 is 0 Å². The number of aliphatic hydroxyl groups is 1. The fourth-order valence-electron chi connectivity index (χ4n) is 5.71. The van der Waals surface area contributed by atoms with Gasteiger partial charge in [0.05, 0.1) is 17.9 Å². The molecule has 0 aliphatic heterocycles. The van der Waals surface area contributed by atoms with Crippen molar-refractivity contribution in [1.29, 1.82) is 0 Å². The van der Waals surface area contributed by atoms with Crippen molar-refractivity contribution in [3.05, 3.63) is 48.6 Å². The second-order valence-electron chi connectivity index (χ2n) is 13.5. The predicted molar refractivity (Wildman–Crippen MR) is 207 cm³/mol. The van der Waals surface area contributed by atoms with Gasteiger partial charge in [-0.3, -0.25) is 9.35 Å². The Morgan fingerprint density at radius 1 is 0.542 bits per heavy atom. The van der Waals surface area contributed by atoms with Gasteiger partial charge in [0.2, 0.25) is 5.91 Å². The minimum atomic E-state index is -4.36. The van der Waals surface area contributed by atoms with Crippen LogP contribution >= 0.6 is 0 Å². The first-order chi connectivity index (χ1) is 23.3. The van der Waals surface area contributed by atoms with Gasteiger partial charge in [0, 0.05) is 6.42 Å². The minimum absolute atomic E-state index is 0.274. The molecule has 7 heteroatoms. The Morgan fingerprint density at radius 3 is 1.31 bits per heavy atom. The van der Waals surface area contributed by atoms with Crippen LogP contribution in [0.5, 0.6) is 0 Å². The third kappa shape index (κ3) is 35.6. The Bertz CT molecular complexity index is 940. The average Bonchev–Trinajstić information content (AvgIpc) is 3.05. The maximum absolute atomic E-state index is 12.5. The van der Waals surface area contributed by atoms with Gasteiger partial charge in [0.1, 0.15) is 0 Å². The van der Waals surface area contributed by atoms with Crippen molar-refractivity contribution in [3.8, 4) is 0 Å². The average molecular weight is 694 g/mol. The number of unbranched alkanes of at least 4 members (excludes halogenated alkanes) is 21. The lowest BCUT2D eigenvalue weighted by atomic mass is 10.1. The highest BCUT2D eigenvalue weighted by Gasteiger charge is 2.24. The first-order valence-electron chi connectivity index (χ1n) is 19.8. The predicted octanol–water partition coefficient (Wildman–Crippen LogP) is 11.5. The summed E-state index contributed by atoms with van der Waals surface area (Å²) in [4.78, 5) is 12.5. The summed E-state index contributed by atoms with van der Waals surface area (Å²) in [6.45, 7) is 4.51. The zero-order valence-corrected chi connectivity index (χ0v) is 31.9. The Kier molecular flexibility index (Phi) is 33.9. The summed E-state index contributed by atoms with van der Waals surface area (Å²) in [5.41, 5.74) is 0. The van der Waals surface area contributed by atoms with Crippen molar-refractivity contribution in [1.82, 2.24) is 5.32 Å². The lowest BCUT2D eigenvalue weighted by Gasteiger charge is -2.21. The number of carbonyl (C=O) groups is 1. The highest BCUT2D eigenvalue weighted by molar-refractivity contribution is 7.85. The SMILES string of the molecule is CCCCCCCCC/C=C\CCCCCCCC(=O)NC(CS(=O)(=O)O)C(O)/C=C/CC/C=C/CC/C=C/CCCCCCCCC. The molecule has 0 aromatic carbocycles. The lowest BCUT2D eigenvalue weighted by molar-refractivity contribution is -0.122. The van der Waals surface area contributed by atoms with E-state index in [4.69, 9.17) is 0 Å². The molecule has 6 nitrogen and oxygen atoms in total. The van der Waals surface area contributed by atoms with E-state index in [1.807, 2.05) is 0 Å². The first kappa shape index (κ1) is 46.3. The molecule has 2 unspecified atom stereocenters. The van der Waals surface area contributed by atoms with Crippen LogP contribution in [-0.4, -0.2) is 41.9 Å². The van der Waals surface area contributed by atoms with E-state index in [2.05, 4.69) is 55.6 Å². The van der Waals surface area contributed by atoms with E-state index in [0.717, 1.165) is 51.4 Å². The summed E-state index contributed by atoms with van der Waals surface area (Å²) < 4.78 is 32.4. The highest BCUT2D eigenvalue weighted by Crippen LogP contribution is 2.12. The van der Waals surface area contributed by atoms with E-state index in [9.17, 15) is 22.9 Å². The van der Waals surface area contributed by atoms with Crippen LogP contribution in [0.25, 0.3) is 0 Å². The Balaban J connectivity index is 4.05. The van der Waals surface area contributed by atoms with Gasteiger partial charge in [-0.2, -0.15) is 8.42 Å². The number of carbonyl (C=O) groups excluding carboxylic acids is 1. The molecule has 0 saturated carbocycles. The number of amides is 1. The maximum Gasteiger partial charge on any atom is 0.267 e. The van der Waals surface area contributed by atoms with Gasteiger partial charge in [-0.25, -0.2) is 0 Å². The lowest BCUT2D eigenvalue weighted by Crippen LogP contribution is -2.46. The molecule has 2 atom stereocenters. The van der Waals surface area contributed by atoms with E-state index in [-0.39, 0.29) is 12.3 Å².